The topological polar surface area (TPSA) is 83.9 Å². The van der Waals surface area contributed by atoms with Gasteiger partial charge in [-0.1, -0.05) is 42.8 Å². The number of methoxy groups -OCH3 is 1. The highest BCUT2D eigenvalue weighted by Gasteiger charge is 2.27. The number of nitrogens with one attached hydrogen (secondary N) is 1. The van der Waals surface area contributed by atoms with Crippen LogP contribution in [0.25, 0.3) is 0 Å². The van der Waals surface area contributed by atoms with Gasteiger partial charge in [0.1, 0.15) is 18.0 Å². The molecule has 1 aliphatic heterocycles. The van der Waals surface area contributed by atoms with E-state index in [2.05, 4.69) is 17.2 Å². The van der Waals surface area contributed by atoms with Gasteiger partial charge in [0.15, 0.2) is 5.82 Å². The second-order valence-corrected chi connectivity index (χ2v) is 7.92. The summed E-state index contributed by atoms with van der Waals surface area (Å²) in [5.74, 6) is 0.225. The van der Waals surface area contributed by atoms with Crippen molar-refractivity contribution in [1.29, 1.82) is 0 Å². The Balaban J connectivity index is 1.57. The molecule has 0 saturated carbocycles. The number of rotatable bonds is 6. The van der Waals surface area contributed by atoms with Crippen molar-refractivity contribution in [2.45, 2.75) is 19.8 Å². The van der Waals surface area contributed by atoms with Gasteiger partial charge >= 0.3 is 0 Å². The number of carbonyl (C=O) groups is 2. The normalized spacial score (nSPS) is 13.1. The molecule has 33 heavy (non-hydrogen) atoms. The monoisotopic (exact) mass is 462 g/mol. The molecule has 3 aromatic rings. The van der Waals surface area contributed by atoms with E-state index in [9.17, 15) is 9.59 Å². The van der Waals surface area contributed by atoms with Crippen LogP contribution >= 0.6 is 11.6 Å². The van der Waals surface area contributed by atoms with Crippen molar-refractivity contribution in [1.82, 2.24) is 4.98 Å². The predicted octanol–water partition coefficient (Wildman–Crippen LogP) is 4.80. The molecule has 0 unspecified atom stereocenters. The molecule has 0 spiro atoms. The lowest BCUT2D eigenvalue weighted by atomic mass is 10.0. The summed E-state index contributed by atoms with van der Waals surface area (Å²) in [5, 5.41) is 3.15. The Morgan fingerprint density at radius 3 is 2.67 bits per heavy atom. The van der Waals surface area contributed by atoms with Gasteiger partial charge in [0.05, 0.1) is 24.3 Å². The van der Waals surface area contributed by atoms with Crippen molar-refractivity contribution in [2.75, 3.05) is 23.9 Å². The fourth-order valence-electron chi connectivity index (χ4n) is 3.58. The number of aryl methyl sites for hydroxylation is 1. The fourth-order valence-corrected chi connectivity index (χ4v) is 3.83. The number of ether oxygens (including phenoxy) is 1. The van der Waals surface area contributed by atoms with Gasteiger partial charge in [-0.3, -0.25) is 14.5 Å². The number of hydrogen-bond donors (Lipinski definition) is 1. The molecule has 0 atom stereocenters. The van der Waals surface area contributed by atoms with E-state index in [4.69, 9.17) is 21.3 Å². The molecule has 1 N–H and O–H groups in total. The van der Waals surface area contributed by atoms with E-state index < -0.39 is 0 Å². The molecule has 0 fully saturated rings. The smallest absolute Gasteiger partial charge is 0.244 e. The predicted molar refractivity (Wildman–Crippen MR) is 130 cm³/mol. The van der Waals surface area contributed by atoms with Gasteiger partial charge in [0.25, 0.3) is 0 Å². The maximum absolute atomic E-state index is 13.2. The molecule has 1 aliphatic rings. The summed E-state index contributed by atoms with van der Waals surface area (Å²) in [6.45, 7) is 1.89. The maximum Gasteiger partial charge on any atom is 0.244 e. The number of halogens is 1. The Labute approximate surface area is 197 Å². The van der Waals surface area contributed by atoms with Crippen LogP contribution in [-0.4, -0.2) is 36.2 Å². The van der Waals surface area contributed by atoms with Crippen LogP contribution in [-0.2, 0) is 16.0 Å². The number of amides is 2. The first-order valence-electron chi connectivity index (χ1n) is 10.5. The van der Waals surface area contributed by atoms with E-state index in [0.29, 0.717) is 33.7 Å². The van der Waals surface area contributed by atoms with Crippen LogP contribution in [0.1, 0.15) is 24.5 Å². The molecule has 1 aromatic heterocycles. The zero-order valence-electron chi connectivity index (χ0n) is 18.3. The van der Waals surface area contributed by atoms with Crippen LogP contribution in [0.2, 0.25) is 5.02 Å². The molecule has 2 heterocycles. The van der Waals surface area contributed by atoms with E-state index in [-0.39, 0.29) is 24.8 Å². The molecule has 168 valence electrons. The second kappa shape index (κ2) is 9.83. The standard InChI is InChI=1S/C25H23ClN4O3/c1-3-16-6-8-17(9-7-16)21-14-24(32)30(25-20(29-21)5-4-12-27-25)15-23(31)28-18-10-11-22(33-2)19(26)13-18/h4-13H,3,14-15H2,1-2H3,(H,28,31). The number of fused-ring (bicyclic) bond motifs is 1. The number of hydrogen-bond acceptors (Lipinski definition) is 5. The van der Waals surface area contributed by atoms with Gasteiger partial charge in [-0.2, -0.15) is 0 Å². The summed E-state index contributed by atoms with van der Waals surface area (Å²) < 4.78 is 5.13. The van der Waals surface area contributed by atoms with Crippen LogP contribution in [0.15, 0.2) is 65.8 Å². The van der Waals surface area contributed by atoms with Crippen LogP contribution in [0.3, 0.4) is 0 Å². The molecule has 0 aliphatic carbocycles. The van der Waals surface area contributed by atoms with E-state index in [1.807, 2.05) is 24.3 Å². The molecule has 2 amide bonds. The number of carbonyl (C=O) groups excluding carboxylic acids is 2. The molecule has 0 saturated heterocycles. The molecular weight excluding hydrogens is 440 g/mol. The van der Waals surface area contributed by atoms with Gasteiger partial charge in [-0.25, -0.2) is 9.98 Å². The zero-order chi connectivity index (χ0) is 23.4. The summed E-state index contributed by atoms with van der Waals surface area (Å²) in [4.78, 5) is 36.4. The van der Waals surface area contributed by atoms with Crippen molar-refractivity contribution in [3.05, 3.63) is 76.9 Å². The van der Waals surface area contributed by atoms with Crippen molar-refractivity contribution in [3.8, 4) is 5.75 Å². The van der Waals surface area contributed by atoms with Gasteiger partial charge < -0.3 is 10.1 Å². The molecule has 0 radical (unpaired) electrons. The zero-order valence-corrected chi connectivity index (χ0v) is 19.1. The van der Waals surface area contributed by atoms with Crippen molar-refractivity contribution in [2.24, 2.45) is 4.99 Å². The van der Waals surface area contributed by atoms with Crippen molar-refractivity contribution < 1.29 is 14.3 Å². The van der Waals surface area contributed by atoms with Crippen molar-refractivity contribution in [3.63, 3.8) is 0 Å². The van der Waals surface area contributed by atoms with E-state index in [1.54, 1.807) is 36.5 Å². The van der Waals surface area contributed by atoms with Gasteiger partial charge in [0, 0.05) is 11.9 Å². The number of anilines is 2. The summed E-state index contributed by atoms with van der Waals surface area (Å²) in [6.07, 6.45) is 2.57. The third-order valence-corrected chi connectivity index (χ3v) is 5.62. The minimum Gasteiger partial charge on any atom is -0.495 e. The third kappa shape index (κ3) is 5.04. The van der Waals surface area contributed by atoms with E-state index in [0.717, 1.165) is 12.0 Å². The van der Waals surface area contributed by atoms with Crippen molar-refractivity contribution >= 4 is 46.3 Å². The lowest BCUT2D eigenvalue weighted by Gasteiger charge is -2.20. The summed E-state index contributed by atoms with van der Waals surface area (Å²) in [6, 6.07) is 16.5. The van der Waals surface area contributed by atoms with Crippen LogP contribution < -0.4 is 15.0 Å². The third-order valence-electron chi connectivity index (χ3n) is 5.33. The lowest BCUT2D eigenvalue weighted by molar-refractivity contribution is -0.120. The number of benzene rings is 2. The molecule has 0 bridgehead atoms. The summed E-state index contributed by atoms with van der Waals surface area (Å²) in [7, 11) is 1.52. The first kappa shape index (κ1) is 22.5. The molecule has 2 aromatic carbocycles. The highest BCUT2D eigenvalue weighted by Crippen LogP contribution is 2.31. The second-order valence-electron chi connectivity index (χ2n) is 7.51. The average Bonchev–Trinajstić information content (AvgIpc) is 2.96. The number of aromatic nitrogens is 1. The van der Waals surface area contributed by atoms with Crippen LogP contribution in [0.5, 0.6) is 5.75 Å². The summed E-state index contributed by atoms with van der Waals surface area (Å²) in [5.41, 5.74) is 3.76. The molecule has 4 rings (SSSR count). The Morgan fingerprint density at radius 2 is 1.97 bits per heavy atom. The van der Waals surface area contributed by atoms with Crippen LogP contribution in [0, 0.1) is 0 Å². The van der Waals surface area contributed by atoms with Gasteiger partial charge in [-0.05, 0) is 47.9 Å². The quantitative estimate of drug-likeness (QED) is 0.570. The maximum atomic E-state index is 13.2. The minimum atomic E-state index is -0.378. The molecule has 7 nitrogen and oxygen atoms in total. The van der Waals surface area contributed by atoms with E-state index >= 15 is 0 Å². The fraction of sp³-hybridized carbons (Fsp3) is 0.200. The van der Waals surface area contributed by atoms with E-state index in [1.165, 1.54) is 17.6 Å². The highest BCUT2D eigenvalue weighted by atomic mass is 35.5. The molecular formula is C25H23ClN4O3. The SMILES string of the molecule is CCc1ccc(C2=Nc3cccnc3N(CC(=O)Nc3ccc(OC)c(Cl)c3)C(=O)C2)cc1. The number of aliphatic imine (C=N–C) groups is 1. The minimum absolute atomic E-state index is 0.0590. The number of nitrogens with zero attached hydrogens (tertiary/aromatic N) is 3. The Morgan fingerprint density at radius 1 is 1.18 bits per heavy atom. The lowest BCUT2D eigenvalue weighted by Crippen LogP contribution is -2.39. The highest BCUT2D eigenvalue weighted by molar-refractivity contribution is 6.32. The first-order chi connectivity index (χ1) is 16.0. The van der Waals surface area contributed by atoms with Gasteiger partial charge in [-0.15, -0.1) is 0 Å². The summed E-state index contributed by atoms with van der Waals surface area (Å²) >= 11 is 6.14. The Bertz CT molecular complexity index is 1220. The largest absolute Gasteiger partial charge is 0.495 e. The van der Waals surface area contributed by atoms with Crippen LogP contribution in [0.4, 0.5) is 17.2 Å². The van der Waals surface area contributed by atoms with Gasteiger partial charge in [0.2, 0.25) is 11.8 Å². The molecule has 8 heteroatoms. The average molecular weight is 463 g/mol. The Hall–Kier alpha value is -3.71. The number of pyridine rings is 1. The Kier molecular flexibility index (Phi) is 6.70. The first-order valence-corrected chi connectivity index (χ1v) is 10.9.